The van der Waals surface area contributed by atoms with Gasteiger partial charge in [0.05, 0.1) is 6.10 Å². The van der Waals surface area contributed by atoms with Gasteiger partial charge in [-0.05, 0) is 47.1 Å². The van der Waals surface area contributed by atoms with Crippen LogP contribution in [0.25, 0.3) is 0 Å². The van der Waals surface area contributed by atoms with Crippen LogP contribution in [0.15, 0.2) is 55.1 Å². The van der Waals surface area contributed by atoms with Gasteiger partial charge in [-0.2, -0.15) is 0 Å². The lowest BCUT2D eigenvalue weighted by atomic mass is 9.90. The molecule has 0 bridgehead atoms. The van der Waals surface area contributed by atoms with Crippen molar-refractivity contribution in [1.82, 2.24) is 4.90 Å². The van der Waals surface area contributed by atoms with Crippen LogP contribution in [0.2, 0.25) is 0 Å². The normalized spacial score (nSPS) is 16.7. The molecule has 0 aromatic heterocycles. The summed E-state index contributed by atoms with van der Waals surface area (Å²) in [5.41, 5.74) is 0.529. The second-order valence-electron chi connectivity index (χ2n) is 7.89. The highest BCUT2D eigenvalue weighted by Crippen LogP contribution is 2.29. The molecule has 0 aliphatic carbocycles. The third-order valence-electron chi connectivity index (χ3n) is 4.46. The van der Waals surface area contributed by atoms with Crippen LogP contribution < -0.4 is 0 Å². The third-order valence-corrected chi connectivity index (χ3v) is 4.46. The first-order chi connectivity index (χ1) is 12.6. The van der Waals surface area contributed by atoms with Gasteiger partial charge in [0, 0.05) is 18.6 Å². The fourth-order valence-electron chi connectivity index (χ4n) is 3.24. The van der Waals surface area contributed by atoms with E-state index in [1.165, 1.54) is 0 Å². The summed E-state index contributed by atoms with van der Waals surface area (Å²) in [5.74, 6) is -1.10. The Labute approximate surface area is 164 Å². The smallest absolute Gasteiger partial charge is 0.314 e. The van der Waals surface area contributed by atoms with Gasteiger partial charge in [0.25, 0.3) is 0 Å². The molecule has 0 spiro atoms. The molecule has 0 radical (unpaired) electrons. The highest BCUT2D eigenvalue weighted by molar-refractivity contribution is 5.75. The lowest BCUT2D eigenvalue weighted by molar-refractivity contribution is -0.166. The van der Waals surface area contributed by atoms with Crippen LogP contribution in [0.3, 0.4) is 0 Å². The van der Waals surface area contributed by atoms with Crippen molar-refractivity contribution in [1.29, 1.82) is 0 Å². The molecule has 150 valence electrons. The Balaban J connectivity index is 3.32. The Bertz CT molecular complexity index is 616. The molecule has 1 rings (SSSR count). The van der Waals surface area contributed by atoms with Gasteiger partial charge in [-0.25, -0.2) is 0 Å². The number of aliphatic hydroxyl groups is 1. The minimum atomic E-state index is -0.851. The minimum absolute atomic E-state index is 0.0362. The van der Waals surface area contributed by atoms with Crippen molar-refractivity contribution in [3.05, 3.63) is 60.7 Å². The van der Waals surface area contributed by atoms with Gasteiger partial charge in [0.15, 0.2) is 0 Å². The number of hydrogen-bond donors (Lipinski definition) is 1. The molecule has 4 unspecified atom stereocenters. The summed E-state index contributed by atoms with van der Waals surface area (Å²) in [5, 5.41) is 10.5. The number of allylic oxidation sites excluding steroid dienone is 1. The fourth-order valence-corrected chi connectivity index (χ4v) is 3.24. The topological polar surface area (TPSA) is 49.8 Å². The predicted octanol–water partition coefficient (Wildman–Crippen LogP) is 4.52. The maximum atomic E-state index is 12.9. The van der Waals surface area contributed by atoms with Crippen LogP contribution in [-0.4, -0.2) is 40.3 Å². The van der Waals surface area contributed by atoms with E-state index in [1.807, 2.05) is 64.1 Å². The van der Waals surface area contributed by atoms with E-state index in [-0.39, 0.29) is 12.1 Å². The average molecular weight is 374 g/mol. The minimum Gasteiger partial charge on any atom is -0.460 e. The van der Waals surface area contributed by atoms with Crippen LogP contribution in [0.5, 0.6) is 0 Å². The number of hydrogen-bond acceptors (Lipinski definition) is 4. The zero-order valence-electron chi connectivity index (χ0n) is 17.6. The molecule has 1 aromatic rings. The van der Waals surface area contributed by atoms with E-state index in [9.17, 15) is 9.90 Å². The van der Waals surface area contributed by atoms with Crippen LogP contribution in [0, 0.1) is 5.92 Å². The summed E-state index contributed by atoms with van der Waals surface area (Å²) in [6, 6.07) is 9.84. The van der Waals surface area contributed by atoms with Gasteiger partial charge >= 0.3 is 5.97 Å². The SMILES string of the molecule is C=CCN(C(C)c1ccccc1)C(/C=C/C)C(C(=O)OC(C)(C)C)C(C)O. The standard InChI is InChI=1S/C23H35NO3/c1-8-13-20(21(18(4)25)22(26)27-23(5,6)7)24(16-9-2)17(3)19-14-11-10-12-15-19/h8-15,17-18,20-21,25H,2,16H2,1,3-7H3/b13-8+. The molecule has 0 aliphatic heterocycles. The quantitative estimate of drug-likeness (QED) is 0.511. The Kier molecular flexibility index (Phi) is 8.94. The Hall–Kier alpha value is -1.91. The monoisotopic (exact) mass is 373 g/mol. The van der Waals surface area contributed by atoms with E-state index in [4.69, 9.17) is 4.74 Å². The highest BCUT2D eigenvalue weighted by Gasteiger charge is 2.38. The van der Waals surface area contributed by atoms with Crippen LogP contribution in [-0.2, 0) is 9.53 Å². The Morgan fingerprint density at radius 3 is 2.30 bits per heavy atom. The van der Waals surface area contributed by atoms with Crippen LogP contribution >= 0.6 is 0 Å². The molecular weight excluding hydrogens is 338 g/mol. The first kappa shape index (κ1) is 23.1. The molecule has 0 fully saturated rings. The first-order valence-corrected chi connectivity index (χ1v) is 9.57. The molecule has 1 aromatic carbocycles. The fraction of sp³-hybridized carbons (Fsp3) is 0.522. The molecule has 0 saturated heterocycles. The van der Waals surface area contributed by atoms with E-state index in [1.54, 1.807) is 6.92 Å². The Morgan fingerprint density at radius 2 is 1.85 bits per heavy atom. The number of nitrogens with zero attached hydrogens (tertiary/aromatic N) is 1. The van der Waals surface area contributed by atoms with Gasteiger partial charge in [0.1, 0.15) is 11.5 Å². The average Bonchev–Trinajstić information content (AvgIpc) is 2.57. The summed E-state index contributed by atoms with van der Waals surface area (Å²) >= 11 is 0. The molecule has 4 atom stereocenters. The largest absolute Gasteiger partial charge is 0.460 e. The summed E-state index contributed by atoms with van der Waals surface area (Å²) in [7, 11) is 0. The van der Waals surface area contributed by atoms with E-state index >= 15 is 0 Å². The number of esters is 1. The maximum absolute atomic E-state index is 12.9. The molecule has 0 amide bonds. The van der Waals surface area contributed by atoms with Gasteiger partial charge < -0.3 is 9.84 Å². The zero-order chi connectivity index (χ0) is 20.6. The molecular formula is C23H35NO3. The summed E-state index contributed by atoms with van der Waals surface area (Å²) in [6.07, 6.45) is 4.85. The molecule has 0 aliphatic rings. The van der Waals surface area contributed by atoms with Gasteiger partial charge in [-0.1, -0.05) is 48.6 Å². The molecule has 0 saturated carbocycles. The second-order valence-corrected chi connectivity index (χ2v) is 7.89. The molecule has 0 heterocycles. The van der Waals surface area contributed by atoms with E-state index in [2.05, 4.69) is 30.5 Å². The summed E-state index contributed by atoms with van der Waals surface area (Å²) in [4.78, 5) is 15.1. The Morgan fingerprint density at radius 1 is 1.26 bits per heavy atom. The van der Waals surface area contributed by atoms with Crippen molar-refractivity contribution in [2.24, 2.45) is 5.92 Å². The lowest BCUT2D eigenvalue weighted by Gasteiger charge is -2.39. The van der Waals surface area contributed by atoms with Crippen molar-refractivity contribution >= 4 is 5.97 Å². The van der Waals surface area contributed by atoms with Crippen molar-refractivity contribution in [2.45, 2.75) is 65.3 Å². The number of ether oxygens (including phenoxy) is 1. The molecule has 27 heavy (non-hydrogen) atoms. The number of benzene rings is 1. The second kappa shape index (κ2) is 10.4. The van der Waals surface area contributed by atoms with E-state index < -0.39 is 23.6 Å². The molecule has 1 N–H and O–H groups in total. The van der Waals surface area contributed by atoms with Gasteiger partial charge in [-0.15, -0.1) is 6.58 Å². The maximum Gasteiger partial charge on any atom is 0.314 e. The number of rotatable bonds is 9. The van der Waals surface area contributed by atoms with Crippen molar-refractivity contribution < 1.29 is 14.6 Å². The number of carbonyl (C=O) groups excluding carboxylic acids is 1. The summed E-state index contributed by atoms with van der Waals surface area (Å²) in [6.45, 7) is 15.6. The number of carbonyl (C=O) groups is 1. The third kappa shape index (κ3) is 6.96. The lowest BCUT2D eigenvalue weighted by Crippen LogP contribution is -2.49. The molecule has 4 nitrogen and oxygen atoms in total. The highest BCUT2D eigenvalue weighted by atomic mass is 16.6. The van der Waals surface area contributed by atoms with Crippen molar-refractivity contribution in [3.63, 3.8) is 0 Å². The van der Waals surface area contributed by atoms with Crippen molar-refractivity contribution in [2.75, 3.05) is 6.54 Å². The van der Waals surface area contributed by atoms with Crippen LogP contribution in [0.4, 0.5) is 0 Å². The van der Waals surface area contributed by atoms with E-state index in [0.717, 1.165) is 5.56 Å². The first-order valence-electron chi connectivity index (χ1n) is 9.57. The zero-order valence-corrected chi connectivity index (χ0v) is 17.6. The molecule has 4 heteroatoms. The predicted molar refractivity (Wildman–Crippen MR) is 111 cm³/mol. The summed E-state index contributed by atoms with van der Waals surface area (Å²) < 4.78 is 5.62. The van der Waals surface area contributed by atoms with E-state index in [0.29, 0.717) is 6.54 Å². The number of aliphatic hydroxyl groups excluding tert-OH is 1. The van der Waals surface area contributed by atoms with Gasteiger partial charge in [-0.3, -0.25) is 9.69 Å². The van der Waals surface area contributed by atoms with Gasteiger partial charge in [0.2, 0.25) is 0 Å². The van der Waals surface area contributed by atoms with Crippen LogP contribution in [0.1, 0.15) is 53.1 Å². The van der Waals surface area contributed by atoms with Crippen molar-refractivity contribution in [3.8, 4) is 0 Å².